The first-order chi connectivity index (χ1) is 15.1. The zero-order valence-electron chi connectivity index (χ0n) is 18.0. The lowest BCUT2D eigenvalue weighted by Gasteiger charge is -2.21. The van der Waals surface area contributed by atoms with Crippen LogP contribution in [0.2, 0.25) is 0 Å². The van der Waals surface area contributed by atoms with E-state index < -0.39 is 0 Å². The fraction of sp³-hybridized carbons (Fsp3) is 0.200. The van der Waals surface area contributed by atoms with Crippen molar-refractivity contribution < 1.29 is 4.79 Å². The molecule has 1 heterocycles. The molecule has 0 aliphatic heterocycles. The van der Waals surface area contributed by atoms with Crippen molar-refractivity contribution in [3.8, 4) is 11.4 Å². The van der Waals surface area contributed by atoms with Crippen molar-refractivity contribution in [1.82, 2.24) is 9.97 Å². The van der Waals surface area contributed by atoms with Crippen LogP contribution in [0, 0.1) is 0 Å². The third-order valence-electron chi connectivity index (χ3n) is 5.36. The highest BCUT2D eigenvalue weighted by atomic mass is 32.2. The Bertz CT molecular complexity index is 1180. The monoisotopic (exact) mass is 430 g/mol. The molecule has 0 atom stereocenters. The highest BCUT2D eigenvalue weighted by Gasteiger charge is 2.10. The highest BCUT2D eigenvalue weighted by Crippen LogP contribution is 2.25. The van der Waals surface area contributed by atoms with Gasteiger partial charge >= 0.3 is 0 Å². The van der Waals surface area contributed by atoms with Gasteiger partial charge in [0, 0.05) is 40.5 Å². The van der Waals surface area contributed by atoms with Gasteiger partial charge in [0.1, 0.15) is 5.82 Å². The predicted octanol–water partition coefficient (Wildman–Crippen LogP) is 6.05. The molecule has 0 unspecified atom stereocenters. The number of amides is 1. The number of thioether (sulfide) groups is 1. The van der Waals surface area contributed by atoms with Gasteiger partial charge in [0.05, 0.1) is 11.0 Å². The van der Waals surface area contributed by atoms with E-state index in [1.807, 2.05) is 42.5 Å². The average Bonchev–Trinajstić information content (AvgIpc) is 3.24. The number of H-pyrrole nitrogens is 1. The van der Waals surface area contributed by atoms with Crippen molar-refractivity contribution >= 4 is 40.1 Å². The number of aromatic nitrogens is 2. The quantitative estimate of drug-likeness (QED) is 0.350. The maximum atomic E-state index is 12.7. The molecule has 158 valence electrons. The van der Waals surface area contributed by atoms with Crippen molar-refractivity contribution in [2.24, 2.45) is 0 Å². The molecule has 0 spiro atoms. The summed E-state index contributed by atoms with van der Waals surface area (Å²) in [6.45, 7) is 6.13. The van der Waals surface area contributed by atoms with Crippen LogP contribution in [0.15, 0.2) is 71.6 Å². The summed E-state index contributed by atoms with van der Waals surface area (Å²) >= 11 is 1.71. The zero-order valence-corrected chi connectivity index (χ0v) is 18.8. The molecule has 0 radical (unpaired) electrons. The van der Waals surface area contributed by atoms with E-state index in [1.165, 1.54) is 4.90 Å². The second-order valence-corrected chi connectivity index (χ2v) is 8.10. The normalized spacial score (nSPS) is 10.9. The number of nitrogens with one attached hydrogen (secondary N) is 2. The van der Waals surface area contributed by atoms with Gasteiger partial charge in [-0.05, 0) is 74.7 Å². The number of fused-ring (bicyclic) bond motifs is 1. The van der Waals surface area contributed by atoms with Gasteiger partial charge in [0.15, 0.2) is 0 Å². The van der Waals surface area contributed by atoms with Gasteiger partial charge in [0.2, 0.25) is 0 Å². The maximum Gasteiger partial charge on any atom is 0.255 e. The number of anilines is 2. The Kier molecular flexibility index (Phi) is 6.28. The summed E-state index contributed by atoms with van der Waals surface area (Å²) in [5.74, 6) is 0.691. The van der Waals surface area contributed by atoms with Crippen molar-refractivity contribution in [3.63, 3.8) is 0 Å². The summed E-state index contributed by atoms with van der Waals surface area (Å²) in [7, 11) is 0. The van der Waals surface area contributed by atoms with E-state index in [-0.39, 0.29) is 5.91 Å². The largest absolute Gasteiger partial charge is 0.372 e. The van der Waals surface area contributed by atoms with Crippen LogP contribution >= 0.6 is 11.8 Å². The molecule has 3 aromatic carbocycles. The molecule has 6 heteroatoms. The lowest BCUT2D eigenvalue weighted by atomic mass is 10.1. The Morgan fingerprint density at radius 1 is 1.00 bits per heavy atom. The molecule has 31 heavy (non-hydrogen) atoms. The van der Waals surface area contributed by atoms with Crippen LogP contribution in [0.1, 0.15) is 24.2 Å². The van der Waals surface area contributed by atoms with Crippen molar-refractivity contribution in [3.05, 3.63) is 72.3 Å². The smallest absolute Gasteiger partial charge is 0.255 e. The van der Waals surface area contributed by atoms with Gasteiger partial charge in [-0.3, -0.25) is 4.79 Å². The number of rotatable bonds is 7. The van der Waals surface area contributed by atoms with Crippen LogP contribution in [-0.4, -0.2) is 35.2 Å². The second-order valence-electron chi connectivity index (χ2n) is 7.22. The van der Waals surface area contributed by atoms with Crippen molar-refractivity contribution in [2.75, 3.05) is 29.6 Å². The number of imidazole rings is 1. The first-order valence-corrected chi connectivity index (χ1v) is 11.6. The first-order valence-electron chi connectivity index (χ1n) is 10.4. The van der Waals surface area contributed by atoms with Gasteiger partial charge in [-0.1, -0.05) is 12.1 Å². The molecule has 0 bridgehead atoms. The molecule has 2 N–H and O–H groups in total. The molecule has 5 nitrogen and oxygen atoms in total. The number of benzene rings is 3. The Balaban J connectivity index is 1.51. The zero-order chi connectivity index (χ0) is 21.8. The van der Waals surface area contributed by atoms with Crippen LogP contribution in [0.25, 0.3) is 22.4 Å². The van der Waals surface area contributed by atoms with E-state index in [0.717, 1.165) is 46.9 Å². The Labute approximate surface area is 186 Å². The summed E-state index contributed by atoms with van der Waals surface area (Å²) < 4.78 is 0. The summed E-state index contributed by atoms with van der Waals surface area (Å²) in [6.07, 6.45) is 2.06. The molecule has 4 rings (SSSR count). The Morgan fingerprint density at radius 2 is 1.71 bits per heavy atom. The molecule has 0 saturated heterocycles. The lowest BCUT2D eigenvalue weighted by molar-refractivity contribution is 0.102. The van der Waals surface area contributed by atoms with Crippen LogP contribution in [0.3, 0.4) is 0 Å². The summed E-state index contributed by atoms with van der Waals surface area (Å²) in [5, 5.41) is 2.99. The fourth-order valence-electron chi connectivity index (χ4n) is 3.59. The van der Waals surface area contributed by atoms with Crippen LogP contribution in [-0.2, 0) is 0 Å². The van der Waals surface area contributed by atoms with E-state index in [9.17, 15) is 4.79 Å². The lowest BCUT2D eigenvalue weighted by Crippen LogP contribution is -2.21. The van der Waals surface area contributed by atoms with Gasteiger partial charge in [-0.15, -0.1) is 11.8 Å². The van der Waals surface area contributed by atoms with Gasteiger partial charge < -0.3 is 15.2 Å². The molecule has 1 amide bonds. The average molecular weight is 431 g/mol. The highest BCUT2D eigenvalue weighted by molar-refractivity contribution is 7.98. The van der Waals surface area contributed by atoms with Crippen LogP contribution in [0.5, 0.6) is 0 Å². The third-order valence-corrected chi connectivity index (χ3v) is 6.10. The van der Waals surface area contributed by atoms with Gasteiger partial charge in [-0.25, -0.2) is 4.98 Å². The van der Waals surface area contributed by atoms with E-state index >= 15 is 0 Å². The number of hydrogen-bond donors (Lipinski definition) is 2. The number of nitrogens with zero attached hydrogens (tertiary/aromatic N) is 2. The fourth-order valence-corrected chi connectivity index (χ4v) is 4.00. The molecular weight excluding hydrogens is 404 g/mol. The second kappa shape index (κ2) is 9.27. The molecule has 0 aliphatic carbocycles. The summed E-state index contributed by atoms with van der Waals surface area (Å²) in [4.78, 5) is 24.2. The van der Waals surface area contributed by atoms with Crippen LogP contribution in [0.4, 0.5) is 11.4 Å². The Morgan fingerprint density at radius 3 is 2.35 bits per heavy atom. The predicted molar refractivity (Wildman–Crippen MR) is 131 cm³/mol. The van der Waals surface area contributed by atoms with E-state index in [2.05, 4.69) is 64.6 Å². The molecule has 0 aliphatic rings. The number of hydrogen-bond acceptors (Lipinski definition) is 4. The molecule has 1 aromatic heterocycles. The number of aromatic amines is 1. The first kappa shape index (κ1) is 21.0. The van der Waals surface area contributed by atoms with E-state index in [4.69, 9.17) is 0 Å². The minimum absolute atomic E-state index is 0.127. The minimum atomic E-state index is -0.127. The van der Waals surface area contributed by atoms with Crippen molar-refractivity contribution in [1.29, 1.82) is 0 Å². The van der Waals surface area contributed by atoms with Crippen LogP contribution < -0.4 is 10.2 Å². The van der Waals surface area contributed by atoms with Gasteiger partial charge in [0.25, 0.3) is 5.91 Å². The maximum absolute atomic E-state index is 12.7. The standard InChI is InChI=1S/C25H26N4OS/c1-4-29(5-2)20-11-6-18(7-12-20)25(30)26-19-10-15-22-23(16-19)28-24(27-22)17-8-13-21(31-3)14-9-17/h6-16H,4-5H2,1-3H3,(H,26,30)(H,27,28). The van der Waals surface area contributed by atoms with Gasteiger partial charge in [-0.2, -0.15) is 0 Å². The summed E-state index contributed by atoms with van der Waals surface area (Å²) in [5.41, 5.74) is 5.28. The SMILES string of the molecule is CCN(CC)c1ccc(C(=O)Nc2ccc3nc(-c4ccc(SC)cc4)[nH]c3c2)cc1. The third kappa shape index (κ3) is 4.59. The molecule has 0 saturated carbocycles. The van der Waals surface area contributed by atoms with E-state index in [0.29, 0.717) is 5.56 Å². The minimum Gasteiger partial charge on any atom is -0.372 e. The molecule has 4 aromatic rings. The molecule has 0 fully saturated rings. The van der Waals surface area contributed by atoms with Crippen molar-refractivity contribution in [2.45, 2.75) is 18.7 Å². The topological polar surface area (TPSA) is 61.0 Å². The molecular formula is C25H26N4OS. The number of carbonyl (C=O) groups excluding carboxylic acids is 1. The van der Waals surface area contributed by atoms with E-state index in [1.54, 1.807) is 11.8 Å². The summed E-state index contributed by atoms with van der Waals surface area (Å²) in [6, 6.07) is 21.8. The Hall–Kier alpha value is -3.25. The number of carbonyl (C=O) groups is 1.